The maximum absolute atomic E-state index is 13.4. The molecule has 0 aliphatic heterocycles. The Balaban J connectivity index is 1.68. The summed E-state index contributed by atoms with van der Waals surface area (Å²) in [6, 6.07) is 12.0. The predicted molar refractivity (Wildman–Crippen MR) is 129 cm³/mol. The maximum atomic E-state index is 13.4. The van der Waals surface area contributed by atoms with Crippen molar-refractivity contribution < 1.29 is 14.3 Å². The Labute approximate surface area is 194 Å². The Morgan fingerprint density at radius 2 is 1.97 bits per heavy atom. The molecular formula is C26H22N4O4. The lowest BCUT2D eigenvalue weighted by atomic mass is 9.99. The van der Waals surface area contributed by atoms with E-state index in [1.54, 1.807) is 54.3 Å². The van der Waals surface area contributed by atoms with Gasteiger partial charge in [0.05, 0.1) is 28.7 Å². The summed E-state index contributed by atoms with van der Waals surface area (Å²) in [5, 5.41) is 17.8. The molecule has 170 valence electrons. The lowest BCUT2D eigenvalue weighted by Gasteiger charge is -2.19. The van der Waals surface area contributed by atoms with Crippen LogP contribution in [0.1, 0.15) is 40.0 Å². The molecule has 0 saturated heterocycles. The van der Waals surface area contributed by atoms with E-state index in [9.17, 15) is 14.7 Å². The van der Waals surface area contributed by atoms with Crippen LogP contribution in [0.4, 0.5) is 5.69 Å². The number of rotatable bonds is 5. The molecule has 0 aliphatic carbocycles. The van der Waals surface area contributed by atoms with Crippen molar-refractivity contribution in [1.29, 1.82) is 0 Å². The van der Waals surface area contributed by atoms with Gasteiger partial charge in [0.1, 0.15) is 11.3 Å². The third-order valence-corrected chi connectivity index (χ3v) is 5.89. The van der Waals surface area contributed by atoms with E-state index < -0.39 is 5.97 Å². The van der Waals surface area contributed by atoms with Gasteiger partial charge in [0.15, 0.2) is 11.2 Å². The van der Waals surface area contributed by atoms with Crippen LogP contribution >= 0.6 is 0 Å². The zero-order valence-corrected chi connectivity index (χ0v) is 18.9. The van der Waals surface area contributed by atoms with Crippen molar-refractivity contribution in [2.24, 2.45) is 0 Å². The Hall–Kier alpha value is -4.46. The molecule has 0 bridgehead atoms. The zero-order valence-electron chi connectivity index (χ0n) is 18.9. The molecule has 5 rings (SSSR count). The van der Waals surface area contributed by atoms with Crippen LogP contribution in [0, 0.1) is 13.8 Å². The summed E-state index contributed by atoms with van der Waals surface area (Å²) in [5.74, 6) is -0.625. The van der Waals surface area contributed by atoms with Gasteiger partial charge in [-0.1, -0.05) is 18.2 Å². The number of carboxylic acid groups (broad SMARTS) is 1. The number of para-hydroxylation sites is 1. The van der Waals surface area contributed by atoms with Gasteiger partial charge < -0.3 is 14.8 Å². The van der Waals surface area contributed by atoms with E-state index in [2.05, 4.69) is 15.4 Å². The molecule has 0 aliphatic rings. The van der Waals surface area contributed by atoms with E-state index in [0.717, 1.165) is 16.6 Å². The molecule has 8 nitrogen and oxygen atoms in total. The van der Waals surface area contributed by atoms with Gasteiger partial charge in [0.25, 0.3) is 0 Å². The molecular weight excluding hydrogens is 432 g/mol. The number of hydrogen-bond acceptors (Lipinski definition) is 6. The number of nitrogens with zero attached hydrogens (tertiary/aromatic N) is 3. The third-order valence-electron chi connectivity index (χ3n) is 5.89. The molecule has 3 heterocycles. The fourth-order valence-corrected chi connectivity index (χ4v) is 4.20. The molecule has 2 aromatic carbocycles. The first kappa shape index (κ1) is 21.4. The number of aromatic carboxylic acids is 1. The molecule has 34 heavy (non-hydrogen) atoms. The lowest BCUT2D eigenvalue weighted by molar-refractivity contribution is 0.0698. The second-order valence-corrected chi connectivity index (χ2v) is 8.31. The van der Waals surface area contributed by atoms with Crippen molar-refractivity contribution in [2.75, 3.05) is 5.32 Å². The first-order valence-corrected chi connectivity index (χ1v) is 10.8. The summed E-state index contributed by atoms with van der Waals surface area (Å²) >= 11 is 0. The van der Waals surface area contributed by atoms with E-state index in [-0.39, 0.29) is 17.0 Å². The average Bonchev–Trinajstić information content (AvgIpc) is 3.25. The minimum absolute atomic E-state index is 0.130. The highest BCUT2D eigenvalue weighted by Gasteiger charge is 2.21. The lowest BCUT2D eigenvalue weighted by Crippen LogP contribution is -2.14. The molecule has 5 aromatic rings. The Kier molecular flexibility index (Phi) is 5.13. The standard InChI is InChI=1S/C26H22N4O4/c1-14-10-19(16(3)28-21-7-5-4-6-18(21)26(32)33)25-20(11-14)23(31)15(2)24(34-25)22-12-17-13-27-8-9-30(17)29-22/h4-13,16,28H,1-3H3,(H,32,33). The van der Waals surface area contributed by atoms with E-state index in [1.807, 2.05) is 32.0 Å². The van der Waals surface area contributed by atoms with Gasteiger partial charge in [-0.15, -0.1) is 0 Å². The maximum Gasteiger partial charge on any atom is 0.337 e. The van der Waals surface area contributed by atoms with Gasteiger partial charge in [-0.25, -0.2) is 9.31 Å². The number of benzene rings is 2. The fourth-order valence-electron chi connectivity index (χ4n) is 4.20. The Morgan fingerprint density at radius 3 is 2.74 bits per heavy atom. The molecule has 0 amide bonds. The molecule has 1 unspecified atom stereocenters. The topological polar surface area (TPSA) is 110 Å². The highest BCUT2D eigenvalue weighted by Crippen LogP contribution is 2.32. The molecule has 2 N–H and O–H groups in total. The second-order valence-electron chi connectivity index (χ2n) is 8.31. The molecule has 0 radical (unpaired) electrons. The predicted octanol–water partition coefficient (Wildman–Crippen LogP) is 4.99. The number of fused-ring (bicyclic) bond motifs is 2. The minimum atomic E-state index is -1.02. The van der Waals surface area contributed by atoms with E-state index in [0.29, 0.717) is 33.7 Å². The second kappa shape index (κ2) is 8.15. The monoisotopic (exact) mass is 454 g/mol. The average molecular weight is 454 g/mol. The molecule has 8 heteroatoms. The number of carbonyl (C=O) groups is 1. The van der Waals surface area contributed by atoms with Gasteiger partial charge >= 0.3 is 5.97 Å². The number of aryl methyl sites for hydroxylation is 1. The van der Waals surface area contributed by atoms with Crippen molar-refractivity contribution in [2.45, 2.75) is 26.8 Å². The van der Waals surface area contributed by atoms with Gasteiger partial charge in [0.2, 0.25) is 0 Å². The molecule has 0 fully saturated rings. The number of hydrogen-bond donors (Lipinski definition) is 2. The first-order chi connectivity index (χ1) is 16.3. The zero-order chi connectivity index (χ0) is 24.0. The highest BCUT2D eigenvalue weighted by molar-refractivity contribution is 5.94. The van der Waals surface area contributed by atoms with Crippen LogP contribution in [-0.4, -0.2) is 25.7 Å². The van der Waals surface area contributed by atoms with E-state index in [4.69, 9.17) is 4.42 Å². The van der Waals surface area contributed by atoms with Crippen molar-refractivity contribution in [3.8, 4) is 11.5 Å². The van der Waals surface area contributed by atoms with Crippen LogP contribution in [0.15, 0.2) is 70.3 Å². The van der Waals surface area contributed by atoms with Crippen molar-refractivity contribution in [3.63, 3.8) is 0 Å². The van der Waals surface area contributed by atoms with Crippen molar-refractivity contribution >= 4 is 28.1 Å². The number of anilines is 1. The molecule has 1 atom stereocenters. The van der Waals surface area contributed by atoms with E-state index >= 15 is 0 Å². The van der Waals surface area contributed by atoms with Gasteiger partial charge in [-0.3, -0.25) is 9.78 Å². The molecule has 0 saturated carbocycles. The SMILES string of the molecule is Cc1cc(C(C)Nc2ccccc2C(=O)O)c2oc(-c3cc4cnccn4n3)c(C)c(=O)c2c1. The van der Waals surface area contributed by atoms with Gasteiger partial charge in [-0.2, -0.15) is 5.10 Å². The van der Waals surface area contributed by atoms with Gasteiger partial charge in [0, 0.05) is 29.2 Å². The summed E-state index contributed by atoms with van der Waals surface area (Å²) in [6.07, 6.45) is 5.05. The van der Waals surface area contributed by atoms with Crippen LogP contribution in [0.3, 0.4) is 0 Å². The third kappa shape index (κ3) is 3.59. The van der Waals surface area contributed by atoms with Crippen LogP contribution < -0.4 is 10.7 Å². The summed E-state index contributed by atoms with van der Waals surface area (Å²) in [7, 11) is 0. The van der Waals surface area contributed by atoms with Crippen LogP contribution in [-0.2, 0) is 0 Å². The van der Waals surface area contributed by atoms with Crippen LogP contribution in [0.25, 0.3) is 27.9 Å². The largest absolute Gasteiger partial charge is 0.478 e. The highest BCUT2D eigenvalue weighted by atomic mass is 16.4. The quantitative estimate of drug-likeness (QED) is 0.385. The van der Waals surface area contributed by atoms with Gasteiger partial charge in [-0.05, 0) is 50.6 Å². The summed E-state index contributed by atoms with van der Waals surface area (Å²) < 4.78 is 8.03. The Morgan fingerprint density at radius 1 is 1.18 bits per heavy atom. The van der Waals surface area contributed by atoms with Crippen molar-refractivity contribution in [3.05, 3.63) is 93.5 Å². The smallest absolute Gasteiger partial charge is 0.337 e. The summed E-state index contributed by atoms with van der Waals surface area (Å²) in [4.78, 5) is 29.1. The normalized spacial score (nSPS) is 12.2. The molecule has 3 aromatic heterocycles. The number of carboxylic acids is 1. The number of aromatic nitrogens is 3. The van der Waals surface area contributed by atoms with Crippen LogP contribution in [0.5, 0.6) is 0 Å². The molecule has 0 spiro atoms. The number of nitrogens with one attached hydrogen (secondary N) is 1. The van der Waals surface area contributed by atoms with Crippen molar-refractivity contribution in [1.82, 2.24) is 14.6 Å². The Bertz CT molecular complexity index is 1600. The first-order valence-electron chi connectivity index (χ1n) is 10.8. The minimum Gasteiger partial charge on any atom is -0.478 e. The van der Waals surface area contributed by atoms with Crippen LogP contribution in [0.2, 0.25) is 0 Å². The fraction of sp³-hybridized carbons (Fsp3) is 0.154. The summed E-state index contributed by atoms with van der Waals surface area (Å²) in [5.41, 5.74) is 4.41. The van der Waals surface area contributed by atoms with E-state index in [1.165, 1.54) is 0 Å². The summed E-state index contributed by atoms with van der Waals surface area (Å²) in [6.45, 7) is 5.55.